The molecule has 2 aliphatic rings. The van der Waals surface area contributed by atoms with Crippen LogP contribution in [0, 0.1) is 11.3 Å². The first-order valence-corrected chi connectivity index (χ1v) is 6.73. The molecule has 0 bridgehead atoms. The highest BCUT2D eigenvalue weighted by Gasteiger charge is 2.56. The van der Waals surface area contributed by atoms with E-state index in [1.165, 1.54) is 38.0 Å². The zero-order valence-corrected chi connectivity index (χ0v) is 10.7. The van der Waals surface area contributed by atoms with Gasteiger partial charge in [0, 0.05) is 13.1 Å². The summed E-state index contributed by atoms with van der Waals surface area (Å²) in [5.41, 5.74) is 2.13. The Bertz CT molecular complexity index is 376. The van der Waals surface area contributed by atoms with Crippen LogP contribution in [-0.2, 0) is 6.54 Å². The fourth-order valence-electron chi connectivity index (χ4n) is 3.43. The van der Waals surface area contributed by atoms with Crippen LogP contribution in [0.1, 0.15) is 18.4 Å². The van der Waals surface area contributed by atoms with Gasteiger partial charge in [-0.05, 0) is 49.9 Å². The third kappa shape index (κ3) is 2.24. The Balaban J connectivity index is 1.55. The van der Waals surface area contributed by atoms with E-state index in [1.54, 1.807) is 0 Å². The van der Waals surface area contributed by atoms with E-state index >= 15 is 0 Å². The van der Waals surface area contributed by atoms with Crippen molar-refractivity contribution in [2.75, 3.05) is 26.7 Å². The standard InChI is InChI=1S/C15H22N2/c1-16-10-14-9-15(14)7-8-17(12-15)11-13-5-3-2-4-6-13/h2-6,14,16H,7-12H2,1H3. The van der Waals surface area contributed by atoms with Crippen LogP contribution in [0.15, 0.2) is 30.3 Å². The summed E-state index contributed by atoms with van der Waals surface area (Å²) in [5.74, 6) is 0.938. The lowest BCUT2D eigenvalue weighted by Crippen LogP contribution is -2.22. The molecule has 2 unspecified atom stereocenters. The molecule has 0 aromatic heterocycles. The fraction of sp³-hybridized carbons (Fsp3) is 0.600. The molecule has 0 amide bonds. The summed E-state index contributed by atoms with van der Waals surface area (Å²) in [4.78, 5) is 2.63. The van der Waals surface area contributed by atoms with E-state index in [1.807, 2.05) is 0 Å². The Hall–Kier alpha value is -0.860. The van der Waals surface area contributed by atoms with Crippen LogP contribution in [0.4, 0.5) is 0 Å². The van der Waals surface area contributed by atoms with Crippen LogP contribution >= 0.6 is 0 Å². The van der Waals surface area contributed by atoms with Crippen molar-refractivity contribution in [2.24, 2.45) is 11.3 Å². The first-order valence-electron chi connectivity index (χ1n) is 6.73. The van der Waals surface area contributed by atoms with Gasteiger partial charge in [-0.1, -0.05) is 30.3 Å². The topological polar surface area (TPSA) is 15.3 Å². The van der Waals surface area contributed by atoms with Crippen molar-refractivity contribution in [3.05, 3.63) is 35.9 Å². The number of hydrogen-bond acceptors (Lipinski definition) is 2. The smallest absolute Gasteiger partial charge is 0.0233 e. The molecule has 92 valence electrons. The Labute approximate surface area is 104 Å². The summed E-state index contributed by atoms with van der Waals surface area (Å²) in [7, 11) is 2.07. The van der Waals surface area contributed by atoms with Crippen LogP contribution in [0.2, 0.25) is 0 Å². The fourth-order valence-corrected chi connectivity index (χ4v) is 3.43. The lowest BCUT2D eigenvalue weighted by molar-refractivity contribution is 0.305. The molecule has 2 nitrogen and oxygen atoms in total. The van der Waals surface area contributed by atoms with Gasteiger partial charge in [-0.2, -0.15) is 0 Å². The van der Waals surface area contributed by atoms with Gasteiger partial charge in [-0.15, -0.1) is 0 Å². The van der Waals surface area contributed by atoms with Crippen molar-refractivity contribution in [3.8, 4) is 0 Å². The van der Waals surface area contributed by atoms with Crippen LogP contribution in [0.3, 0.4) is 0 Å². The predicted octanol–water partition coefficient (Wildman–Crippen LogP) is 2.12. The monoisotopic (exact) mass is 230 g/mol. The predicted molar refractivity (Wildman–Crippen MR) is 70.8 cm³/mol. The van der Waals surface area contributed by atoms with E-state index in [0.717, 1.165) is 12.5 Å². The van der Waals surface area contributed by atoms with Gasteiger partial charge < -0.3 is 5.32 Å². The molecule has 1 saturated heterocycles. The first-order chi connectivity index (χ1) is 8.32. The van der Waals surface area contributed by atoms with Gasteiger partial charge in [-0.3, -0.25) is 4.90 Å². The summed E-state index contributed by atoms with van der Waals surface area (Å²) in [5, 5.41) is 3.33. The van der Waals surface area contributed by atoms with Crippen molar-refractivity contribution in [2.45, 2.75) is 19.4 Å². The Morgan fingerprint density at radius 3 is 2.94 bits per heavy atom. The minimum atomic E-state index is 0.678. The SMILES string of the molecule is CNCC1CC12CCN(Cc1ccccc1)C2. The Kier molecular flexibility index (Phi) is 2.93. The van der Waals surface area contributed by atoms with E-state index in [4.69, 9.17) is 0 Å². The third-order valence-corrected chi connectivity index (χ3v) is 4.52. The van der Waals surface area contributed by atoms with Gasteiger partial charge in [0.05, 0.1) is 0 Å². The summed E-state index contributed by atoms with van der Waals surface area (Å²) in [6.45, 7) is 4.94. The van der Waals surface area contributed by atoms with Crippen molar-refractivity contribution < 1.29 is 0 Å². The zero-order valence-electron chi connectivity index (χ0n) is 10.7. The molecule has 2 fully saturated rings. The first kappa shape index (κ1) is 11.2. The highest BCUT2D eigenvalue weighted by atomic mass is 15.2. The number of rotatable bonds is 4. The van der Waals surface area contributed by atoms with Crippen LogP contribution < -0.4 is 5.32 Å². The second-order valence-electron chi connectivity index (χ2n) is 5.77. The maximum atomic E-state index is 3.33. The molecular formula is C15H22N2. The van der Waals surface area contributed by atoms with E-state index in [-0.39, 0.29) is 0 Å². The van der Waals surface area contributed by atoms with Crippen molar-refractivity contribution in [1.29, 1.82) is 0 Å². The summed E-state index contributed by atoms with van der Waals surface area (Å²) < 4.78 is 0. The Morgan fingerprint density at radius 2 is 2.18 bits per heavy atom. The molecular weight excluding hydrogens is 208 g/mol. The lowest BCUT2D eigenvalue weighted by Gasteiger charge is -2.16. The molecule has 0 radical (unpaired) electrons. The van der Waals surface area contributed by atoms with E-state index in [0.29, 0.717) is 5.41 Å². The van der Waals surface area contributed by atoms with Crippen LogP contribution in [0.5, 0.6) is 0 Å². The van der Waals surface area contributed by atoms with Crippen LogP contribution in [0.25, 0.3) is 0 Å². The summed E-state index contributed by atoms with van der Waals surface area (Å²) in [6, 6.07) is 10.9. The highest BCUT2D eigenvalue weighted by Crippen LogP contribution is 2.58. The summed E-state index contributed by atoms with van der Waals surface area (Å²) in [6.07, 6.45) is 2.85. The van der Waals surface area contributed by atoms with Gasteiger partial charge in [0.15, 0.2) is 0 Å². The zero-order chi connectivity index (χ0) is 11.7. The van der Waals surface area contributed by atoms with Crippen molar-refractivity contribution >= 4 is 0 Å². The quantitative estimate of drug-likeness (QED) is 0.852. The van der Waals surface area contributed by atoms with E-state index in [2.05, 4.69) is 47.6 Å². The third-order valence-electron chi connectivity index (χ3n) is 4.52. The minimum absolute atomic E-state index is 0.678. The van der Waals surface area contributed by atoms with Gasteiger partial charge in [-0.25, -0.2) is 0 Å². The highest BCUT2D eigenvalue weighted by molar-refractivity contribution is 5.16. The molecule has 1 aromatic rings. The van der Waals surface area contributed by atoms with Crippen molar-refractivity contribution in [3.63, 3.8) is 0 Å². The molecule has 1 aliphatic carbocycles. The van der Waals surface area contributed by atoms with E-state index in [9.17, 15) is 0 Å². The largest absolute Gasteiger partial charge is 0.319 e. The summed E-state index contributed by atoms with van der Waals surface area (Å²) >= 11 is 0. The number of nitrogens with zero attached hydrogens (tertiary/aromatic N) is 1. The van der Waals surface area contributed by atoms with Gasteiger partial charge in [0.2, 0.25) is 0 Å². The lowest BCUT2D eigenvalue weighted by atomic mass is 10.0. The van der Waals surface area contributed by atoms with Gasteiger partial charge >= 0.3 is 0 Å². The number of likely N-dealkylation sites (tertiary alicyclic amines) is 1. The second-order valence-corrected chi connectivity index (χ2v) is 5.77. The molecule has 3 rings (SSSR count). The number of nitrogens with one attached hydrogen (secondary N) is 1. The Morgan fingerprint density at radius 1 is 1.35 bits per heavy atom. The average Bonchev–Trinajstić information content (AvgIpc) is 2.83. The molecule has 1 aromatic carbocycles. The molecule has 2 atom stereocenters. The minimum Gasteiger partial charge on any atom is -0.319 e. The maximum absolute atomic E-state index is 3.33. The van der Waals surface area contributed by atoms with Gasteiger partial charge in [0.1, 0.15) is 0 Å². The molecule has 1 aliphatic heterocycles. The van der Waals surface area contributed by atoms with Crippen molar-refractivity contribution in [1.82, 2.24) is 10.2 Å². The molecule has 1 heterocycles. The normalized spacial score (nSPS) is 32.2. The molecule has 2 heteroatoms. The maximum Gasteiger partial charge on any atom is 0.0233 e. The molecule has 1 spiro atoms. The average molecular weight is 230 g/mol. The molecule has 1 N–H and O–H groups in total. The van der Waals surface area contributed by atoms with Gasteiger partial charge in [0.25, 0.3) is 0 Å². The van der Waals surface area contributed by atoms with Crippen LogP contribution in [-0.4, -0.2) is 31.6 Å². The molecule has 17 heavy (non-hydrogen) atoms. The number of benzene rings is 1. The van der Waals surface area contributed by atoms with E-state index < -0.39 is 0 Å². The second kappa shape index (κ2) is 4.43. The number of hydrogen-bond donors (Lipinski definition) is 1. The molecule has 1 saturated carbocycles.